The fraction of sp³-hybridized carbons (Fsp3) is 0.500. The van der Waals surface area contributed by atoms with Crippen LogP contribution in [0, 0.1) is 11.8 Å². The van der Waals surface area contributed by atoms with Crippen molar-refractivity contribution in [1.82, 2.24) is 4.90 Å². The Bertz CT molecular complexity index is 416. The van der Waals surface area contributed by atoms with Crippen molar-refractivity contribution in [2.24, 2.45) is 11.8 Å². The molecule has 1 aliphatic rings. The minimum atomic E-state index is 0.107. The van der Waals surface area contributed by atoms with E-state index in [-0.39, 0.29) is 5.91 Å². The number of carbonyl (C=O) groups is 1. The molecule has 2 rings (SSSR count). The molecule has 17 heavy (non-hydrogen) atoms. The van der Waals surface area contributed by atoms with E-state index in [0.717, 1.165) is 19.5 Å². The molecular weight excluding hydrogens is 212 g/mol. The summed E-state index contributed by atoms with van der Waals surface area (Å²) < 4.78 is 0. The molecule has 0 radical (unpaired) electrons. The fourth-order valence-electron chi connectivity index (χ4n) is 2.30. The van der Waals surface area contributed by atoms with Crippen LogP contribution < -0.4 is 5.73 Å². The van der Waals surface area contributed by atoms with E-state index in [1.807, 2.05) is 17.0 Å². The van der Waals surface area contributed by atoms with E-state index < -0.39 is 0 Å². The van der Waals surface area contributed by atoms with E-state index in [0.29, 0.717) is 23.1 Å². The number of nitrogens with two attached hydrogens (primary N) is 1. The van der Waals surface area contributed by atoms with Gasteiger partial charge < -0.3 is 10.6 Å². The van der Waals surface area contributed by atoms with Gasteiger partial charge in [0.25, 0.3) is 5.91 Å². The van der Waals surface area contributed by atoms with E-state index in [2.05, 4.69) is 13.8 Å². The number of anilines is 1. The fourth-order valence-corrected chi connectivity index (χ4v) is 2.30. The summed E-state index contributed by atoms with van der Waals surface area (Å²) in [6, 6.07) is 7.22. The van der Waals surface area contributed by atoms with Crippen LogP contribution in [0.2, 0.25) is 0 Å². The molecule has 3 nitrogen and oxygen atoms in total. The van der Waals surface area contributed by atoms with Gasteiger partial charge in [-0.15, -0.1) is 0 Å². The van der Waals surface area contributed by atoms with Crippen LogP contribution in [0.1, 0.15) is 30.6 Å². The molecule has 92 valence electrons. The zero-order chi connectivity index (χ0) is 12.4. The van der Waals surface area contributed by atoms with Crippen LogP contribution in [0.5, 0.6) is 0 Å². The van der Waals surface area contributed by atoms with Crippen molar-refractivity contribution in [3.63, 3.8) is 0 Å². The SMILES string of the molecule is CC1CCN(C(=O)c2cccc(N)c2)CC1C. The second-order valence-corrected chi connectivity index (χ2v) is 5.12. The average molecular weight is 232 g/mol. The lowest BCUT2D eigenvalue weighted by molar-refractivity contribution is 0.0627. The number of nitrogens with zero attached hydrogens (tertiary/aromatic N) is 1. The molecule has 1 fully saturated rings. The van der Waals surface area contributed by atoms with Crippen molar-refractivity contribution in [2.45, 2.75) is 20.3 Å². The topological polar surface area (TPSA) is 46.3 Å². The van der Waals surface area contributed by atoms with Crippen LogP contribution in [0.3, 0.4) is 0 Å². The summed E-state index contributed by atoms with van der Waals surface area (Å²) in [6.07, 6.45) is 1.09. The summed E-state index contributed by atoms with van der Waals surface area (Å²) in [5.74, 6) is 1.39. The van der Waals surface area contributed by atoms with Gasteiger partial charge in [-0.1, -0.05) is 19.9 Å². The highest BCUT2D eigenvalue weighted by Crippen LogP contribution is 2.23. The van der Waals surface area contributed by atoms with Crippen LogP contribution in [0.4, 0.5) is 5.69 Å². The van der Waals surface area contributed by atoms with Crippen LogP contribution in [-0.2, 0) is 0 Å². The summed E-state index contributed by atoms with van der Waals surface area (Å²) >= 11 is 0. The van der Waals surface area contributed by atoms with Gasteiger partial charge in [0.1, 0.15) is 0 Å². The Morgan fingerprint density at radius 2 is 2.12 bits per heavy atom. The molecule has 2 N–H and O–H groups in total. The molecule has 1 aromatic carbocycles. The van der Waals surface area contributed by atoms with Gasteiger partial charge in [0.2, 0.25) is 0 Å². The highest BCUT2D eigenvalue weighted by atomic mass is 16.2. The Hall–Kier alpha value is -1.51. The quantitative estimate of drug-likeness (QED) is 0.756. The first-order valence-electron chi connectivity index (χ1n) is 6.22. The number of benzene rings is 1. The minimum Gasteiger partial charge on any atom is -0.399 e. The van der Waals surface area contributed by atoms with Crippen LogP contribution in [0.25, 0.3) is 0 Å². The lowest BCUT2D eigenvalue weighted by Gasteiger charge is -2.35. The summed E-state index contributed by atoms with van der Waals surface area (Å²) in [7, 11) is 0. The number of nitrogen functional groups attached to an aromatic ring is 1. The largest absolute Gasteiger partial charge is 0.399 e. The first-order valence-corrected chi connectivity index (χ1v) is 6.22. The maximum Gasteiger partial charge on any atom is 0.253 e. The second-order valence-electron chi connectivity index (χ2n) is 5.12. The van der Waals surface area contributed by atoms with Gasteiger partial charge in [-0.25, -0.2) is 0 Å². The molecule has 0 aliphatic carbocycles. The molecule has 0 bridgehead atoms. The number of hydrogen-bond donors (Lipinski definition) is 1. The summed E-state index contributed by atoms with van der Waals surface area (Å²) in [4.78, 5) is 14.2. The summed E-state index contributed by atoms with van der Waals surface area (Å²) in [6.45, 7) is 6.18. The highest BCUT2D eigenvalue weighted by Gasteiger charge is 2.26. The van der Waals surface area contributed by atoms with Crippen molar-refractivity contribution < 1.29 is 4.79 Å². The maximum atomic E-state index is 12.3. The minimum absolute atomic E-state index is 0.107. The third-order valence-electron chi connectivity index (χ3n) is 3.75. The normalized spacial score (nSPS) is 24.7. The lowest BCUT2D eigenvalue weighted by Crippen LogP contribution is -2.42. The summed E-state index contributed by atoms with van der Waals surface area (Å²) in [5.41, 5.74) is 7.05. The van der Waals surface area contributed by atoms with Gasteiger partial charge in [-0.05, 0) is 36.5 Å². The zero-order valence-electron chi connectivity index (χ0n) is 10.5. The molecule has 1 aromatic rings. The van der Waals surface area contributed by atoms with Crippen molar-refractivity contribution in [3.8, 4) is 0 Å². The predicted molar refractivity (Wildman–Crippen MR) is 69.7 cm³/mol. The van der Waals surface area contributed by atoms with Crippen molar-refractivity contribution in [1.29, 1.82) is 0 Å². The van der Waals surface area contributed by atoms with Crippen LogP contribution >= 0.6 is 0 Å². The molecule has 1 saturated heterocycles. The van der Waals surface area contributed by atoms with E-state index in [9.17, 15) is 4.79 Å². The monoisotopic (exact) mass is 232 g/mol. The standard InChI is InChI=1S/C14H20N2O/c1-10-6-7-16(9-11(10)2)14(17)12-4-3-5-13(15)8-12/h3-5,8,10-11H,6-7,9,15H2,1-2H3. The van der Waals surface area contributed by atoms with Gasteiger partial charge in [0.15, 0.2) is 0 Å². The Kier molecular flexibility index (Phi) is 3.36. The molecule has 1 heterocycles. The number of amides is 1. The van der Waals surface area contributed by atoms with E-state index in [1.165, 1.54) is 0 Å². The van der Waals surface area contributed by atoms with Gasteiger partial charge >= 0.3 is 0 Å². The molecule has 0 saturated carbocycles. The van der Waals surface area contributed by atoms with Crippen LogP contribution in [-0.4, -0.2) is 23.9 Å². The number of likely N-dealkylation sites (tertiary alicyclic amines) is 1. The van der Waals surface area contributed by atoms with Gasteiger partial charge in [0, 0.05) is 24.3 Å². The lowest BCUT2D eigenvalue weighted by atomic mass is 9.88. The second kappa shape index (κ2) is 4.78. The molecule has 1 aliphatic heterocycles. The molecule has 3 heteroatoms. The first kappa shape index (κ1) is 12.0. The molecule has 2 unspecified atom stereocenters. The van der Waals surface area contributed by atoms with Gasteiger partial charge in [0.05, 0.1) is 0 Å². The maximum absolute atomic E-state index is 12.3. The summed E-state index contributed by atoms with van der Waals surface area (Å²) in [5, 5.41) is 0. The van der Waals surface area contributed by atoms with E-state index in [1.54, 1.807) is 12.1 Å². The molecular formula is C14H20N2O. The third kappa shape index (κ3) is 2.60. The first-order chi connectivity index (χ1) is 8.08. The van der Waals surface area contributed by atoms with Crippen molar-refractivity contribution >= 4 is 11.6 Å². The van der Waals surface area contributed by atoms with Crippen molar-refractivity contribution in [3.05, 3.63) is 29.8 Å². The number of rotatable bonds is 1. The molecule has 2 atom stereocenters. The van der Waals surface area contributed by atoms with Gasteiger partial charge in [-0.3, -0.25) is 4.79 Å². The molecule has 1 amide bonds. The third-order valence-corrected chi connectivity index (χ3v) is 3.75. The Morgan fingerprint density at radius 3 is 2.76 bits per heavy atom. The zero-order valence-corrected chi connectivity index (χ0v) is 10.5. The van der Waals surface area contributed by atoms with E-state index in [4.69, 9.17) is 5.73 Å². The van der Waals surface area contributed by atoms with Crippen molar-refractivity contribution in [2.75, 3.05) is 18.8 Å². The van der Waals surface area contributed by atoms with E-state index >= 15 is 0 Å². The Morgan fingerprint density at radius 1 is 1.35 bits per heavy atom. The molecule has 0 aromatic heterocycles. The average Bonchev–Trinajstić information content (AvgIpc) is 2.32. The van der Waals surface area contributed by atoms with Gasteiger partial charge in [-0.2, -0.15) is 0 Å². The molecule has 0 spiro atoms. The predicted octanol–water partition coefficient (Wildman–Crippen LogP) is 2.39. The Balaban J connectivity index is 2.10. The highest BCUT2D eigenvalue weighted by molar-refractivity contribution is 5.95. The number of hydrogen-bond acceptors (Lipinski definition) is 2. The number of carbonyl (C=O) groups excluding carboxylic acids is 1. The van der Waals surface area contributed by atoms with Crippen LogP contribution in [0.15, 0.2) is 24.3 Å². The Labute approximate surface area is 103 Å². The number of piperidine rings is 1. The smallest absolute Gasteiger partial charge is 0.253 e.